The Balaban J connectivity index is 1.52. The van der Waals surface area contributed by atoms with Crippen LogP contribution >= 0.6 is 0 Å². The number of pyridine rings is 1. The van der Waals surface area contributed by atoms with Crippen LogP contribution in [0.5, 0.6) is 0 Å². The Kier molecular flexibility index (Phi) is 7.59. The van der Waals surface area contributed by atoms with Gasteiger partial charge in [0.2, 0.25) is 0 Å². The first-order chi connectivity index (χ1) is 17.9. The van der Waals surface area contributed by atoms with Crippen molar-refractivity contribution in [2.75, 3.05) is 5.75 Å². The molecule has 2 heterocycles. The third-order valence-corrected chi connectivity index (χ3v) is 7.87. The Labute approximate surface area is 218 Å². The van der Waals surface area contributed by atoms with Crippen molar-refractivity contribution in [1.82, 2.24) is 19.9 Å². The summed E-state index contributed by atoms with van der Waals surface area (Å²) in [6, 6.07) is 13.2. The fourth-order valence-electron chi connectivity index (χ4n) is 4.12. The van der Waals surface area contributed by atoms with E-state index in [2.05, 4.69) is 10.3 Å². The molecule has 0 aliphatic heterocycles. The van der Waals surface area contributed by atoms with Gasteiger partial charge in [-0.25, -0.2) is 13.4 Å². The maximum absolute atomic E-state index is 12.9. The number of fused-ring (bicyclic) bond motifs is 1. The number of carbonyl (C=O) groups excluding carboxylic acids is 1. The van der Waals surface area contributed by atoms with Gasteiger partial charge in [0, 0.05) is 24.2 Å². The molecule has 2 aromatic heterocycles. The summed E-state index contributed by atoms with van der Waals surface area (Å²) in [4.78, 5) is 21.8. The molecule has 0 aliphatic rings. The van der Waals surface area contributed by atoms with Crippen LogP contribution in [0.15, 0.2) is 65.7 Å². The number of alkyl halides is 3. The first kappa shape index (κ1) is 27.3. The molecule has 7 nitrogen and oxygen atoms in total. The van der Waals surface area contributed by atoms with Crippen LogP contribution in [0.1, 0.15) is 59.8 Å². The number of sulfone groups is 1. The second-order valence-corrected chi connectivity index (χ2v) is 11.4. The minimum absolute atomic E-state index is 0.0220. The van der Waals surface area contributed by atoms with Gasteiger partial charge in [-0.05, 0) is 61.9 Å². The first-order valence-corrected chi connectivity index (χ1v) is 13.7. The molecular weight excluding hydrogens is 517 g/mol. The zero-order valence-corrected chi connectivity index (χ0v) is 21.9. The second kappa shape index (κ2) is 10.6. The smallest absolute Gasteiger partial charge is 0.346 e. The van der Waals surface area contributed by atoms with E-state index in [1.165, 1.54) is 24.4 Å². The van der Waals surface area contributed by atoms with Crippen molar-refractivity contribution in [1.29, 1.82) is 0 Å². The molecule has 11 heteroatoms. The summed E-state index contributed by atoms with van der Waals surface area (Å²) in [5.41, 5.74) is 2.30. The molecule has 1 amide bonds. The number of carbonyl (C=O) groups is 1. The van der Waals surface area contributed by atoms with E-state index in [0.717, 1.165) is 17.6 Å². The number of imidazole rings is 1. The Morgan fingerprint density at radius 1 is 1.05 bits per heavy atom. The Morgan fingerprint density at radius 3 is 2.34 bits per heavy atom. The van der Waals surface area contributed by atoms with Crippen molar-refractivity contribution in [3.63, 3.8) is 0 Å². The van der Waals surface area contributed by atoms with E-state index in [9.17, 15) is 26.4 Å². The van der Waals surface area contributed by atoms with Crippen LogP contribution in [0.2, 0.25) is 0 Å². The summed E-state index contributed by atoms with van der Waals surface area (Å²) >= 11 is 0. The number of amides is 1. The topological polar surface area (TPSA) is 94.0 Å². The lowest BCUT2D eigenvalue weighted by Gasteiger charge is -2.14. The lowest BCUT2D eigenvalue weighted by Crippen LogP contribution is -2.23. The molecule has 1 N–H and O–H groups in total. The zero-order chi connectivity index (χ0) is 27.7. The van der Waals surface area contributed by atoms with E-state index in [1.807, 2.05) is 18.4 Å². The number of aromatic nitrogens is 3. The highest BCUT2D eigenvalue weighted by atomic mass is 32.2. The monoisotopic (exact) mass is 544 g/mol. The maximum Gasteiger partial charge on any atom is 0.416 e. The predicted octanol–water partition coefficient (Wildman–Crippen LogP) is 5.35. The fraction of sp³-hybridized carbons (Fsp3) is 0.296. The Hall–Kier alpha value is -3.73. The normalized spacial score (nSPS) is 12.3. The van der Waals surface area contributed by atoms with Crippen LogP contribution < -0.4 is 5.32 Å². The van der Waals surface area contributed by atoms with Gasteiger partial charge in [0.15, 0.2) is 9.84 Å². The summed E-state index contributed by atoms with van der Waals surface area (Å²) < 4.78 is 64.6. The van der Waals surface area contributed by atoms with Crippen LogP contribution in [0.4, 0.5) is 13.2 Å². The first-order valence-electron chi connectivity index (χ1n) is 12.0. The highest BCUT2D eigenvalue weighted by Gasteiger charge is 2.30. The van der Waals surface area contributed by atoms with Crippen molar-refractivity contribution < 1.29 is 26.4 Å². The minimum Gasteiger partial charge on any atom is -0.346 e. The molecule has 0 atom stereocenters. The number of rotatable bonds is 8. The minimum atomic E-state index is -4.39. The number of halogens is 3. The third kappa shape index (κ3) is 5.88. The summed E-state index contributed by atoms with van der Waals surface area (Å²) in [5.74, 6) is 0.312. The number of nitrogens with zero attached hydrogens (tertiary/aromatic N) is 3. The highest BCUT2D eigenvalue weighted by molar-refractivity contribution is 7.91. The molecule has 0 aliphatic carbocycles. The van der Waals surface area contributed by atoms with E-state index in [-0.39, 0.29) is 29.1 Å². The molecule has 4 aromatic rings. The Morgan fingerprint density at radius 2 is 1.76 bits per heavy atom. The number of hydrogen-bond acceptors (Lipinski definition) is 5. The van der Waals surface area contributed by atoms with Crippen LogP contribution in [0, 0.1) is 0 Å². The van der Waals surface area contributed by atoms with Gasteiger partial charge in [-0.2, -0.15) is 13.2 Å². The largest absolute Gasteiger partial charge is 0.416 e. The molecule has 0 spiro atoms. The lowest BCUT2D eigenvalue weighted by atomic mass is 10.1. The van der Waals surface area contributed by atoms with E-state index >= 15 is 0 Å². The van der Waals surface area contributed by atoms with Crippen LogP contribution in [-0.2, 0) is 29.0 Å². The van der Waals surface area contributed by atoms with Gasteiger partial charge < -0.3 is 9.88 Å². The Bertz CT molecular complexity index is 1560. The maximum atomic E-state index is 12.9. The highest BCUT2D eigenvalue weighted by Crippen LogP contribution is 2.30. The van der Waals surface area contributed by atoms with E-state index < -0.39 is 21.6 Å². The number of nitrogens with one attached hydrogen (secondary N) is 1. The van der Waals surface area contributed by atoms with Gasteiger partial charge >= 0.3 is 6.18 Å². The average Bonchev–Trinajstić information content (AvgIpc) is 3.24. The fourth-order valence-corrected chi connectivity index (χ4v) is 4.95. The molecule has 2 aromatic carbocycles. The van der Waals surface area contributed by atoms with Crippen molar-refractivity contribution >= 4 is 26.8 Å². The number of hydrogen-bond donors (Lipinski definition) is 1. The molecule has 0 unspecified atom stereocenters. The summed E-state index contributed by atoms with van der Waals surface area (Å²) in [6.45, 7) is 5.65. The molecular formula is C27H27F3N4O3S. The second-order valence-electron chi connectivity index (χ2n) is 9.14. The molecule has 0 bridgehead atoms. The van der Waals surface area contributed by atoms with Crippen LogP contribution in [0.3, 0.4) is 0 Å². The lowest BCUT2D eigenvalue weighted by molar-refractivity contribution is -0.137. The average molecular weight is 545 g/mol. The summed E-state index contributed by atoms with van der Waals surface area (Å²) in [7, 11) is -3.35. The van der Waals surface area contributed by atoms with Gasteiger partial charge in [0.05, 0.1) is 39.5 Å². The van der Waals surface area contributed by atoms with Crippen molar-refractivity contribution in [3.8, 4) is 0 Å². The van der Waals surface area contributed by atoms with E-state index in [0.29, 0.717) is 34.6 Å². The van der Waals surface area contributed by atoms with Crippen molar-refractivity contribution in [2.45, 2.75) is 50.9 Å². The molecule has 0 fully saturated rings. The van der Waals surface area contributed by atoms with Gasteiger partial charge in [-0.3, -0.25) is 9.78 Å². The van der Waals surface area contributed by atoms with Gasteiger partial charge in [0.25, 0.3) is 5.91 Å². The van der Waals surface area contributed by atoms with Gasteiger partial charge in [0.1, 0.15) is 5.82 Å². The predicted molar refractivity (Wildman–Crippen MR) is 138 cm³/mol. The van der Waals surface area contributed by atoms with Crippen molar-refractivity contribution in [3.05, 3.63) is 89.0 Å². The molecule has 4 rings (SSSR count). The summed E-state index contributed by atoms with van der Waals surface area (Å²) in [5, 5.41) is 2.78. The van der Waals surface area contributed by atoms with Crippen LogP contribution in [-0.4, -0.2) is 34.6 Å². The zero-order valence-electron chi connectivity index (χ0n) is 21.1. The molecule has 38 heavy (non-hydrogen) atoms. The molecule has 0 radical (unpaired) electrons. The van der Waals surface area contributed by atoms with E-state index in [1.54, 1.807) is 31.2 Å². The molecule has 0 saturated heterocycles. The SMILES string of the molecule is CCS(=O)(=O)c1ccc(CNC(=O)c2ccc3c(c2)nc(Cc2ccc(C(F)(F)F)cc2)n3C(C)C)nc1. The summed E-state index contributed by atoms with van der Waals surface area (Å²) in [6.07, 6.45) is -2.78. The van der Waals surface area contributed by atoms with Gasteiger partial charge in [-0.1, -0.05) is 19.1 Å². The van der Waals surface area contributed by atoms with Gasteiger partial charge in [-0.15, -0.1) is 0 Å². The third-order valence-electron chi connectivity index (χ3n) is 6.15. The molecule has 0 saturated carbocycles. The molecule has 200 valence electrons. The van der Waals surface area contributed by atoms with E-state index in [4.69, 9.17) is 4.98 Å². The quantitative estimate of drug-likeness (QED) is 0.323. The van der Waals surface area contributed by atoms with Crippen LogP contribution in [0.25, 0.3) is 11.0 Å². The van der Waals surface area contributed by atoms with Crippen molar-refractivity contribution in [2.24, 2.45) is 0 Å². The number of benzene rings is 2. The standard InChI is InChI=1S/C27H27F3N4O3S/c1-4-38(36,37)22-11-10-21(31-16-22)15-32-26(35)19-7-12-24-23(14-19)33-25(34(24)17(2)3)13-18-5-8-20(9-6-18)27(28,29)30/h5-12,14,16-17H,4,13,15H2,1-3H3,(H,32,35).